The van der Waals surface area contributed by atoms with Crippen LogP contribution in [0, 0.1) is 17.8 Å². The number of hydrogen-bond acceptors (Lipinski definition) is 2. The van der Waals surface area contributed by atoms with Crippen molar-refractivity contribution in [1.82, 2.24) is 10.2 Å². The number of nitrogens with one attached hydrogen (secondary N) is 1. The van der Waals surface area contributed by atoms with Gasteiger partial charge in [-0.2, -0.15) is 0 Å². The number of nitrogens with zero attached hydrogens (tertiary/aromatic N) is 1. The van der Waals surface area contributed by atoms with E-state index in [1.54, 1.807) is 0 Å². The van der Waals surface area contributed by atoms with E-state index < -0.39 is 0 Å². The van der Waals surface area contributed by atoms with Crippen LogP contribution in [0.4, 0.5) is 0 Å². The number of likely N-dealkylation sites (N-methyl/N-ethyl adjacent to an activating group) is 1. The number of rotatable bonds is 3. The molecule has 0 aromatic rings. The number of hydrogen-bond donors (Lipinski definition) is 1. The van der Waals surface area contributed by atoms with E-state index in [0.717, 1.165) is 31.3 Å². The van der Waals surface area contributed by atoms with E-state index in [9.17, 15) is 4.79 Å². The van der Waals surface area contributed by atoms with Gasteiger partial charge in [0.15, 0.2) is 0 Å². The Kier molecular flexibility index (Phi) is 3.99. The van der Waals surface area contributed by atoms with E-state index in [1.807, 2.05) is 11.9 Å². The maximum Gasteiger partial charge on any atom is 0.222 e. The van der Waals surface area contributed by atoms with E-state index in [1.165, 1.54) is 25.7 Å². The van der Waals surface area contributed by atoms with Gasteiger partial charge in [0.25, 0.3) is 0 Å². The largest absolute Gasteiger partial charge is 0.340 e. The lowest BCUT2D eigenvalue weighted by atomic mass is 9.86. The molecule has 0 aromatic heterocycles. The summed E-state index contributed by atoms with van der Waals surface area (Å²) in [6, 6.07) is 0.464. The van der Waals surface area contributed by atoms with Crippen LogP contribution >= 0.6 is 12.4 Å². The van der Waals surface area contributed by atoms with Gasteiger partial charge in [-0.1, -0.05) is 6.42 Å². The van der Waals surface area contributed by atoms with Gasteiger partial charge in [0.1, 0.15) is 0 Å². The summed E-state index contributed by atoms with van der Waals surface area (Å²) in [5, 5.41) is 3.22. The van der Waals surface area contributed by atoms with Crippen molar-refractivity contribution in [3.05, 3.63) is 0 Å². The van der Waals surface area contributed by atoms with Crippen LogP contribution in [0.5, 0.6) is 0 Å². The van der Waals surface area contributed by atoms with Crippen molar-refractivity contribution in [2.75, 3.05) is 20.1 Å². The quantitative estimate of drug-likeness (QED) is 0.835. The SMILES string of the molecule is CN(C(=O)CC1CC2CCC1C2)C1CNC1.Cl. The Bertz CT molecular complexity index is 293. The fourth-order valence-electron chi connectivity index (χ4n) is 3.75. The predicted octanol–water partition coefficient (Wildman–Crippen LogP) is 1.66. The van der Waals surface area contributed by atoms with E-state index in [4.69, 9.17) is 0 Å². The Labute approximate surface area is 110 Å². The fraction of sp³-hybridized carbons (Fsp3) is 0.923. The Balaban J connectivity index is 0.00000108. The Morgan fingerprint density at radius 1 is 1.29 bits per heavy atom. The Hall–Kier alpha value is -0.280. The number of carbonyl (C=O) groups excluding carboxylic acids is 1. The van der Waals surface area contributed by atoms with Crippen molar-refractivity contribution in [2.45, 2.75) is 38.1 Å². The van der Waals surface area contributed by atoms with E-state index in [-0.39, 0.29) is 12.4 Å². The summed E-state index contributed by atoms with van der Waals surface area (Å²) in [6.45, 7) is 1.97. The molecule has 3 fully saturated rings. The minimum atomic E-state index is 0. The van der Waals surface area contributed by atoms with Crippen molar-refractivity contribution < 1.29 is 4.79 Å². The monoisotopic (exact) mass is 258 g/mol. The van der Waals surface area contributed by atoms with E-state index >= 15 is 0 Å². The highest BCUT2D eigenvalue weighted by Gasteiger charge is 2.40. The molecule has 98 valence electrons. The predicted molar refractivity (Wildman–Crippen MR) is 70.2 cm³/mol. The van der Waals surface area contributed by atoms with Gasteiger partial charge in [-0.05, 0) is 37.0 Å². The first-order valence-electron chi connectivity index (χ1n) is 6.70. The van der Waals surface area contributed by atoms with Gasteiger partial charge in [0.05, 0.1) is 6.04 Å². The summed E-state index contributed by atoms with van der Waals surface area (Å²) in [5.74, 6) is 2.92. The zero-order valence-corrected chi connectivity index (χ0v) is 11.3. The molecule has 1 saturated heterocycles. The van der Waals surface area contributed by atoms with Crippen molar-refractivity contribution >= 4 is 18.3 Å². The molecular weight excluding hydrogens is 236 g/mol. The molecule has 1 N–H and O–H groups in total. The maximum absolute atomic E-state index is 12.1. The highest BCUT2D eigenvalue weighted by atomic mass is 35.5. The zero-order valence-electron chi connectivity index (χ0n) is 10.5. The van der Waals surface area contributed by atoms with Crippen LogP contribution in [0.2, 0.25) is 0 Å². The first-order valence-corrected chi connectivity index (χ1v) is 6.70. The third-order valence-electron chi connectivity index (χ3n) is 5.02. The molecule has 4 heteroatoms. The molecule has 3 nitrogen and oxygen atoms in total. The van der Waals surface area contributed by atoms with Gasteiger partial charge in [0, 0.05) is 26.6 Å². The van der Waals surface area contributed by atoms with E-state index in [0.29, 0.717) is 17.9 Å². The third-order valence-corrected chi connectivity index (χ3v) is 5.02. The molecule has 3 atom stereocenters. The van der Waals surface area contributed by atoms with Crippen LogP contribution in [0.25, 0.3) is 0 Å². The van der Waals surface area contributed by atoms with Gasteiger partial charge in [-0.15, -0.1) is 12.4 Å². The van der Waals surface area contributed by atoms with E-state index in [2.05, 4.69) is 5.32 Å². The molecule has 2 saturated carbocycles. The summed E-state index contributed by atoms with van der Waals surface area (Å²) in [7, 11) is 1.97. The zero-order chi connectivity index (χ0) is 11.1. The molecule has 2 bridgehead atoms. The summed E-state index contributed by atoms with van der Waals surface area (Å²) in [4.78, 5) is 14.1. The van der Waals surface area contributed by atoms with Gasteiger partial charge < -0.3 is 10.2 Å². The lowest BCUT2D eigenvalue weighted by molar-refractivity contribution is -0.134. The fourth-order valence-corrected chi connectivity index (χ4v) is 3.75. The smallest absolute Gasteiger partial charge is 0.222 e. The first kappa shape index (κ1) is 13.2. The van der Waals surface area contributed by atoms with Crippen LogP contribution in [-0.2, 0) is 4.79 Å². The van der Waals surface area contributed by atoms with Crippen molar-refractivity contribution in [2.24, 2.45) is 17.8 Å². The molecule has 2 aliphatic carbocycles. The molecule has 3 unspecified atom stereocenters. The standard InChI is InChI=1S/C13H22N2O.ClH/c1-15(12-7-14-8-12)13(16)6-11-5-9-2-3-10(11)4-9;/h9-12,14H,2-8H2,1H3;1H. The molecule has 3 aliphatic rings. The lowest BCUT2D eigenvalue weighted by Gasteiger charge is -2.36. The summed E-state index contributed by atoms with van der Waals surface area (Å²) in [6.07, 6.45) is 6.36. The van der Waals surface area contributed by atoms with Gasteiger partial charge in [-0.25, -0.2) is 0 Å². The minimum Gasteiger partial charge on any atom is -0.340 e. The third kappa shape index (κ3) is 2.45. The topological polar surface area (TPSA) is 32.3 Å². The average Bonchev–Trinajstić information content (AvgIpc) is 2.76. The molecule has 17 heavy (non-hydrogen) atoms. The van der Waals surface area contributed by atoms with Crippen LogP contribution < -0.4 is 5.32 Å². The van der Waals surface area contributed by atoms with Crippen LogP contribution in [-0.4, -0.2) is 37.0 Å². The van der Waals surface area contributed by atoms with Crippen molar-refractivity contribution in [3.8, 4) is 0 Å². The maximum atomic E-state index is 12.1. The Morgan fingerprint density at radius 2 is 2.06 bits per heavy atom. The van der Waals surface area contributed by atoms with Crippen LogP contribution in [0.15, 0.2) is 0 Å². The number of amides is 1. The van der Waals surface area contributed by atoms with Crippen molar-refractivity contribution in [3.63, 3.8) is 0 Å². The van der Waals surface area contributed by atoms with Gasteiger partial charge in [0.2, 0.25) is 5.91 Å². The van der Waals surface area contributed by atoms with Gasteiger partial charge >= 0.3 is 0 Å². The number of fused-ring (bicyclic) bond motifs is 2. The summed E-state index contributed by atoms with van der Waals surface area (Å²) >= 11 is 0. The van der Waals surface area contributed by atoms with Gasteiger partial charge in [-0.3, -0.25) is 4.79 Å². The highest BCUT2D eigenvalue weighted by molar-refractivity contribution is 5.85. The van der Waals surface area contributed by atoms with Crippen LogP contribution in [0.3, 0.4) is 0 Å². The second kappa shape index (κ2) is 5.15. The summed E-state index contributed by atoms with van der Waals surface area (Å²) < 4.78 is 0. The molecular formula is C13H23ClN2O. The first-order chi connectivity index (χ1) is 7.74. The second-order valence-corrected chi connectivity index (χ2v) is 5.96. The Morgan fingerprint density at radius 3 is 2.53 bits per heavy atom. The second-order valence-electron chi connectivity index (χ2n) is 5.96. The number of carbonyl (C=O) groups is 1. The average molecular weight is 259 g/mol. The molecule has 1 aliphatic heterocycles. The number of halogens is 1. The lowest BCUT2D eigenvalue weighted by Crippen LogP contribution is -2.57. The van der Waals surface area contributed by atoms with Crippen LogP contribution in [0.1, 0.15) is 32.1 Å². The molecule has 1 amide bonds. The molecule has 0 spiro atoms. The normalized spacial score (nSPS) is 35.2. The molecule has 0 radical (unpaired) electrons. The summed E-state index contributed by atoms with van der Waals surface area (Å²) in [5.41, 5.74) is 0. The molecule has 0 aromatic carbocycles. The highest BCUT2D eigenvalue weighted by Crippen LogP contribution is 2.49. The van der Waals surface area contributed by atoms with Crippen molar-refractivity contribution in [1.29, 1.82) is 0 Å². The molecule has 1 heterocycles. The molecule has 3 rings (SSSR count). The minimum absolute atomic E-state index is 0.